The van der Waals surface area contributed by atoms with Crippen LogP contribution in [0.15, 0.2) is 87.5 Å². The number of carbonyl (C=O) groups is 4. The molecular formula is C31H26N4O9S3. The van der Waals surface area contributed by atoms with Gasteiger partial charge in [-0.15, -0.1) is 0 Å². The molecule has 4 aromatic rings. The van der Waals surface area contributed by atoms with E-state index in [9.17, 15) is 32.4 Å². The molecule has 3 aromatic carbocycles. The second kappa shape index (κ2) is 12.8. The number of sulfonamides is 1. The van der Waals surface area contributed by atoms with Crippen LogP contribution >= 0.6 is 23.1 Å². The quantitative estimate of drug-likeness (QED) is 0.173. The maximum absolute atomic E-state index is 13.9. The Labute approximate surface area is 276 Å². The summed E-state index contributed by atoms with van der Waals surface area (Å²) in [6.07, 6.45) is 0. The third-order valence-electron chi connectivity index (χ3n) is 7.54. The van der Waals surface area contributed by atoms with E-state index in [-0.39, 0.29) is 28.5 Å². The third-order valence-corrected chi connectivity index (χ3v) is 10.9. The largest absolute Gasteiger partial charge is 0.484 e. The van der Waals surface area contributed by atoms with E-state index >= 15 is 0 Å². The summed E-state index contributed by atoms with van der Waals surface area (Å²) < 4.78 is 33.5. The van der Waals surface area contributed by atoms with Gasteiger partial charge in [-0.1, -0.05) is 35.2 Å². The number of nitrogens with two attached hydrogens (primary N) is 1. The number of thiazole rings is 1. The number of nitrogens with zero attached hydrogens (tertiary/aromatic N) is 1. The van der Waals surface area contributed by atoms with Crippen molar-refractivity contribution in [2.45, 2.75) is 28.0 Å². The van der Waals surface area contributed by atoms with Crippen LogP contribution in [0.4, 0.5) is 11.4 Å². The summed E-state index contributed by atoms with van der Waals surface area (Å²) in [7, 11) is -3.86. The molecule has 1 aromatic heterocycles. The number of amides is 3. The Hall–Kier alpha value is -4.77. The van der Waals surface area contributed by atoms with Crippen LogP contribution in [-0.2, 0) is 29.1 Å². The van der Waals surface area contributed by atoms with E-state index in [1.165, 1.54) is 48.5 Å². The highest BCUT2D eigenvalue weighted by Gasteiger charge is 2.56. The number of imide groups is 1. The summed E-state index contributed by atoms with van der Waals surface area (Å²) in [5, 5.41) is 7.43. The fraction of sp³-hybridized carbons (Fsp3) is 0.194. The maximum Gasteiger partial charge on any atom is 0.338 e. The van der Waals surface area contributed by atoms with Crippen LogP contribution < -0.4 is 25.0 Å². The molecule has 2 aliphatic rings. The zero-order chi connectivity index (χ0) is 33.5. The molecule has 16 heteroatoms. The van der Waals surface area contributed by atoms with E-state index in [4.69, 9.17) is 14.6 Å². The van der Waals surface area contributed by atoms with Crippen LogP contribution in [0, 0.1) is 5.92 Å². The molecule has 3 atom stereocenters. The first-order valence-electron chi connectivity index (χ1n) is 14.1. The van der Waals surface area contributed by atoms with Crippen LogP contribution in [0.2, 0.25) is 0 Å². The minimum atomic E-state index is -3.86. The third kappa shape index (κ3) is 6.44. The maximum atomic E-state index is 13.9. The molecule has 0 saturated carbocycles. The van der Waals surface area contributed by atoms with E-state index in [2.05, 4.69) is 10.3 Å². The van der Waals surface area contributed by atoms with Crippen molar-refractivity contribution in [2.24, 2.45) is 11.1 Å². The number of primary sulfonamides is 1. The Kier molecular flexibility index (Phi) is 8.76. The van der Waals surface area contributed by atoms with Gasteiger partial charge in [0, 0.05) is 16.5 Å². The van der Waals surface area contributed by atoms with Crippen LogP contribution in [0.25, 0.3) is 0 Å². The topological polar surface area (TPSA) is 195 Å². The number of ether oxygens (including phenoxy) is 2. The predicted molar refractivity (Wildman–Crippen MR) is 173 cm³/mol. The lowest BCUT2D eigenvalue weighted by Gasteiger charge is -2.29. The molecule has 1 saturated heterocycles. The number of benzene rings is 3. The van der Waals surface area contributed by atoms with Crippen molar-refractivity contribution >= 4 is 68.2 Å². The van der Waals surface area contributed by atoms with Crippen molar-refractivity contribution in [3.05, 3.63) is 98.5 Å². The molecule has 1 fully saturated rings. The van der Waals surface area contributed by atoms with Gasteiger partial charge in [0.05, 0.1) is 33.7 Å². The molecule has 0 aliphatic carbocycles. The highest BCUT2D eigenvalue weighted by molar-refractivity contribution is 8.00. The van der Waals surface area contributed by atoms with Gasteiger partial charge in [-0.05, 0) is 73.2 Å². The first kappa shape index (κ1) is 32.2. The number of hydrogen-bond acceptors (Lipinski definition) is 11. The van der Waals surface area contributed by atoms with Crippen molar-refractivity contribution < 1.29 is 37.1 Å². The van der Waals surface area contributed by atoms with E-state index in [0.717, 1.165) is 28.0 Å². The molecule has 3 amide bonds. The average Bonchev–Trinajstić information content (AvgIpc) is 3.54. The number of anilines is 2. The lowest BCUT2D eigenvalue weighted by molar-refractivity contribution is -0.122. The molecule has 47 heavy (non-hydrogen) atoms. The Morgan fingerprint density at radius 1 is 0.957 bits per heavy atom. The van der Waals surface area contributed by atoms with Crippen molar-refractivity contribution in [2.75, 3.05) is 23.4 Å². The first-order valence-corrected chi connectivity index (χ1v) is 17.4. The molecule has 3 heterocycles. The average molecular weight is 695 g/mol. The second-order valence-electron chi connectivity index (χ2n) is 10.5. The highest BCUT2D eigenvalue weighted by Crippen LogP contribution is 2.53. The van der Waals surface area contributed by atoms with Crippen LogP contribution in [0.3, 0.4) is 0 Å². The highest BCUT2D eigenvalue weighted by atomic mass is 32.2. The zero-order valence-corrected chi connectivity index (χ0v) is 26.9. The Morgan fingerprint density at radius 2 is 1.64 bits per heavy atom. The van der Waals surface area contributed by atoms with Crippen molar-refractivity contribution in [1.29, 1.82) is 0 Å². The normalized spacial score (nSPS) is 18.8. The van der Waals surface area contributed by atoms with E-state index < -0.39 is 50.8 Å². The Bertz CT molecular complexity index is 2040. The van der Waals surface area contributed by atoms with Gasteiger partial charge in [-0.2, -0.15) is 0 Å². The van der Waals surface area contributed by atoms with Crippen LogP contribution in [0.1, 0.15) is 33.6 Å². The number of carbonyl (C=O) groups excluding carboxylic acids is 4. The minimum Gasteiger partial charge on any atom is -0.484 e. The monoisotopic (exact) mass is 694 g/mol. The fourth-order valence-electron chi connectivity index (χ4n) is 5.44. The summed E-state index contributed by atoms with van der Waals surface area (Å²) in [4.78, 5) is 68.7. The van der Waals surface area contributed by atoms with Gasteiger partial charge in [-0.25, -0.2) is 23.3 Å². The second-order valence-corrected chi connectivity index (χ2v) is 14.2. The molecule has 0 unspecified atom stereocenters. The molecule has 13 nitrogen and oxygen atoms in total. The smallest absolute Gasteiger partial charge is 0.338 e. The SMILES string of the molecule is CCOC(=O)c1ccc(N2C(=O)[C@H]3[C@H](c4ccc(OCC(=O)Nc5ccc(S(N)(=O)=O)cc5)cc4)c4sc(=O)[nH]c4S[C@H]3C2=O)cc1. The summed E-state index contributed by atoms with van der Waals surface area (Å²) >= 11 is 2.14. The standard InChI is InChI=1S/C31H26N4O9S3/c1-2-43-30(39)17-3-9-19(10-4-17)35-28(37)24-23(25-27(34-31(40)46-25)45-26(24)29(35)38)16-5-11-20(12-6-16)44-15-22(36)33-18-7-13-21(14-8-18)47(32,41)42/h3-14,23-24,26H,2,15H2,1H3,(H,33,36)(H,34,40)(H2,32,41,42)/t23-,24-,26+/m0/s1. The minimum absolute atomic E-state index is 0.0881. The molecule has 0 radical (unpaired) electrons. The van der Waals surface area contributed by atoms with Crippen LogP contribution in [-0.4, -0.2) is 55.6 Å². The molecule has 242 valence electrons. The van der Waals surface area contributed by atoms with Gasteiger partial charge in [0.25, 0.3) is 5.91 Å². The predicted octanol–water partition coefficient (Wildman–Crippen LogP) is 3.07. The Balaban J connectivity index is 1.19. The first-order chi connectivity index (χ1) is 22.4. The molecule has 0 spiro atoms. The zero-order valence-electron chi connectivity index (χ0n) is 24.5. The number of H-pyrrole nitrogens is 1. The van der Waals surface area contributed by atoms with Gasteiger partial charge in [0.2, 0.25) is 21.8 Å². The lowest BCUT2D eigenvalue weighted by Crippen LogP contribution is -2.32. The van der Waals surface area contributed by atoms with Crippen LogP contribution in [0.5, 0.6) is 5.75 Å². The molecule has 4 N–H and O–H groups in total. The summed E-state index contributed by atoms with van der Waals surface area (Å²) in [5.41, 5.74) is 1.63. The lowest BCUT2D eigenvalue weighted by atomic mass is 9.83. The van der Waals surface area contributed by atoms with Gasteiger partial charge in [-0.3, -0.25) is 19.2 Å². The number of thioether (sulfide) groups is 1. The molecular weight excluding hydrogens is 669 g/mol. The van der Waals surface area contributed by atoms with E-state index in [1.807, 2.05) is 0 Å². The number of nitrogens with one attached hydrogen (secondary N) is 2. The van der Waals surface area contributed by atoms with E-state index in [1.54, 1.807) is 31.2 Å². The van der Waals surface area contributed by atoms with Crippen molar-refractivity contribution in [3.63, 3.8) is 0 Å². The fourth-order valence-corrected chi connectivity index (χ4v) is 8.47. The molecule has 6 rings (SSSR count). The van der Waals surface area contributed by atoms with Gasteiger partial charge >= 0.3 is 10.8 Å². The summed E-state index contributed by atoms with van der Waals surface area (Å²) in [6, 6.07) is 18.1. The Morgan fingerprint density at radius 3 is 2.28 bits per heavy atom. The summed E-state index contributed by atoms with van der Waals surface area (Å²) in [5.74, 6) is -2.93. The number of rotatable bonds is 9. The van der Waals surface area contributed by atoms with Gasteiger partial charge in [0.15, 0.2) is 6.61 Å². The molecule has 2 aliphatic heterocycles. The van der Waals surface area contributed by atoms with Gasteiger partial charge in [0.1, 0.15) is 11.0 Å². The number of aromatic amines is 1. The van der Waals surface area contributed by atoms with E-state index in [0.29, 0.717) is 32.6 Å². The number of esters is 1. The van der Waals surface area contributed by atoms with Crippen molar-refractivity contribution in [3.8, 4) is 5.75 Å². The number of aromatic nitrogens is 1. The number of fused-ring (bicyclic) bond motifs is 2. The van der Waals surface area contributed by atoms with Gasteiger partial charge < -0.3 is 19.8 Å². The molecule has 0 bridgehead atoms. The van der Waals surface area contributed by atoms with Crippen molar-refractivity contribution in [1.82, 2.24) is 4.98 Å². The summed E-state index contributed by atoms with van der Waals surface area (Å²) in [6.45, 7) is 1.56. The number of hydrogen-bond donors (Lipinski definition) is 3.